The quantitative estimate of drug-likeness (QED) is 0.317. The number of amides is 1. The zero-order valence-corrected chi connectivity index (χ0v) is 19.8. The first-order valence-corrected chi connectivity index (χ1v) is 11.7. The summed E-state index contributed by atoms with van der Waals surface area (Å²) in [5, 5.41) is 3.98. The lowest BCUT2D eigenvalue weighted by Crippen LogP contribution is -2.23. The van der Waals surface area contributed by atoms with Crippen LogP contribution in [0, 0.1) is 0 Å². The minimum atomic E-state index is -0.387. The molecule has 2 aromatic heterocycles. The molecule has 0 atom stereocenters. The van der Waals surface area contributed by atoms with Gasteiger partial charge in [0, 0.05) is 29.9 Å². The van der Waals surface area contributed by atoms with E-state index in [-0.39, 0.29) is 11.9 Å². The molecular formula is C30H25N3O3. The minimum absolute atomic E-state index is 0.162. The van der Waals surface area contributed by atoms with Gasteiger partial charge in [0.1, 0.15) is 0 Å². The number of rotatable bonds is 7. The molecule has 0 unspecified atom stereocenters. The molecule has 1 N–H and O–H groups in total. The molecule has 0 radical (unpaired) electrons. The molecule has 6 nitrogen and oxygen atoms in total. The van der Waals surface area contributed by atoms with Crippen LogP contribution in [0.2, 0.25) is 0 Å². The highest BCUT2D eigenvalue weighted by molar-refractivity contribution is 6.06. The number of carbonyl (C=O) groups excluding carboxylic acids is 2. The topological polar surface area (TPSA) is 73.2 Å². The number of hydrogen-bond acceptors (Lipinski definition) is 4. The molecular weight excluding hydrogens is 450 g/mol. The van der Waals surface area contributed by atoms with Crippen LogP contribution in [0.5, 0.6) is 0 Å². The van der Waals surface area contributed by atoms with Crippen LogP contribution in [0.15, 0.2) is 103 Å². The standard InChI is InChI=1S/C30H25N3O3/c1-36-30(35)24-12-10-21(11-13-24)18-32-29(34)27-9-5-8-23-16-17-33(28(23)27)20-26-15-14-25(19-31-26)22-6-3-2-4-7-22/h2-17,19H,18,20H2,1H3,(H,32,34). The highest BCUT2D eigenvalue weighted by Crippen LogP contribution is 2.23. The summed E-state index contributed by atoms with van der Waals surface area (Å²) in [6, 6.07) is 29.0. The van der Waals surface area contributed by atoms with E-state index in [4.69, 9.17) is 4.74 Å². The Morgan fingerprint density at radius 3 is 2.39 bits per heavy atom. The lowest BCUT2D eigenvalue weighted by atomic mass is 10.1. The minimum Gasteiger partial charge on any atom is -0.465 e. The number of nitrogens with zero attached hydrogens (tertiary/aromatic N) is 2. The maximum atomic E-state index is 13.1. The van der Waals surface area contributed by atoms with Gasteiger partial charge in [-0.15, -0.1) is 0 Å². The molecule has 0 aliphatic heterocycles. The Labute approximate surface area is 209 Å². The summed E-state index contributed by atoms with van der Waals surface area (Å²) in [6.07, 6.45) is 3.87. The first kappa shape index (κ1) is 23.1. The number of fused-ring (bicyclic) bond motifs is 1. The van der Waals surface area contributed by atoms with E-state index < -0.39 is 0 Å². The number of aromatic nitrogens is 2. The number of pyridine rings is 1. The SMILES string of the molecule is COC(=O)c1ccc(CNC(=O)c2cccc3ccn(Cc4ccc(-c5ccccc5)cn4)c23)cc1. The Morgan fingerprint density at radius 1 is 0.861 bits per heavy atom. The number of ether oxygens (including phenoxy) is 1. The van der Waals surface area contributed by atoms with Crippen LogP contribution in [0.1, 0.15) is 32.0 Å². The van der Waals surface area contributed by atoms with Gasteiger partial charge in [-0.2, -0.15) is 0 Å². The van der Waals surface area contributed by atoms with E-state index in [1.54, 1.807) is 24.3 Å². The number of benzene rings is 3. The highest BCUT2D eigenvalue weighted by Gasteiger charge is 2.14. The summed E-state index contributed by atoms with van der Waals surface area (Å²) in [4.78, 5) is 29.4. The second-order valence-electron chi connectivity index (χ2n) is 8.46. The number of para-hydroxylation sites is 1. The number of carbonyl (C=O) groups is 2. The van der Waals surface area contributed by atoms with Crippen molar-refractivity contribution < 1.29 is 14.3 Å². The maximum Gasteiger partial charge on any atom is 0.337 e. The monoisotopic (exact) mass is 475 g/mol. The van der Waals surface area contributed by atoms with E-state index in [1.165, 1.54) is 7.11 Å². The molecule has 2 heterocycles. The van der Waals surface area contributed by atoms with Crippen molar-refractivity contribution in [2.75, 3.05) is 7.11 Å². The number of nitrogens with one attached hydrogen (secondary N) is 1. The fourth-order valence-corrected chi connectivity index (χ4v) is 4.22. The molecule has 1 amide bonds. The van der Waals surface area contributed by atoms with Crippen LogP contribution < -0.4 is 5.32 Å². The largest absolute Gasteiger partial charge is 0.465 e. The van der Waals surface area contributed by atoms with Crippen LogP contribution in [-0.4, -0.2) is 28.5 Å². The van der Waals surface area contributed by atoms with Crippen molar-refractivity contribution >= 4 is 22.8 Å². The first-order valence-electron chi connectivity index (χ1n) is 11.7. The third-order valence-corrected chi connectivity index (χ3v) is 6.13. The molecule has 5 rings (SSSR count). The normalized spacial score (nSPS) is 10.8. The summed E-state index contributed by atoms with van der Waals surface area (Å²) in [5.41, 5.74) is 5.93. The fourth-order valence-electron chi connectivity index (χ4n) is 4.22. The van der Waals surface area contributed by atoms with Crippen molar-refractivity contribution in [3.05, 3.63) is 126 Å². The zero-order valence-electron chi connectivity index (χ0n) is 19.8. The Morgan fingerprint density at radius 2 is 1.67 bits per heavy atom. The van der Waals surface area contributed by atoms with Crippen molar-refractivity contribution in [2.45, 2.75) is 13.1 Å². The van der Waals surface area contributed by atoms with E-state index in [2.05, 4.69) is 33.1 Å². The lowest BCUT2D eigenvalue weighted by molar-refractivity contribution is 0.0600. The molecule has 0 aliphatic carbocycles. The van der Waals surface area contributed by atoms with Crippen LogP contribution in [0.3, 0.4) is 0 Å². The van der Waals surface area contributed by atoms with Crippen LogP contribution in [0.25, 0.3) is 22.0 Å². The van der Waals surface area contributed by atoms with Gasteiger partial charge in [-0.3, -0.25) is 9.78 Å². The third kappa shape index (κ3) is 4.88. The molecule has 0 spiro atoms. The smallest absolute Gasteiger partial charge is 0.337 e. The molecule has 3 aromatic carbocycles. The van der Waals surface area contributed by atoms with Gasteiger partial charge in [-0.05, 0) is 41.5 Å². The van der Waals surface area contributed by atoms with Gasteiger partial charge < -0.3 is 14.6 Å². The lowest BCUT2D eigenvalue weighted by Gasteiger charge is -2.11. The Balaban J connectivity index is 1.33. The van der Waals surface area contributed by atoms with Gasteiger partial charge >= 0.3 is 5.97 Å². The Bertz CT molecular complexity index is 1510. The zero-order chi connectivity index (χ0) is 24.9. The molecule has 0 bridgehead atoms. The van der Waals surface area contributed by atoms with Gasteiger partial charge in [0.05, 0.1) is 36.0 Å². The first-order chi connectivity index (χ1) is 17.6. The molecule has 0 saturated heterocycles. The van der Waals surface area contributed by atoms with Gasteiger partial charge in [0.2, 0.25) is 0 Å². The molecule has 5 aromatic rings. The molecule has 36 heavy (non-hydrogen) atoms. The van der Waals surface area contributed by atoms with Gasteiger partial charge in [-0.1, -0.05) is 60.7 Å². The van der Waals surface area contributed by atoms with Crippen LogP contribution >= 0.6 is 0 Å². The average Bonchev–Trinajstić information content (AvgIpc) is 3.35. The molecule has 178 valence electrons. The molecule has 0 aliphatic rings. The number of methoxy groups -OCH3 is 1. The summed E-state index contributed by atoms with van der Waals surface area (Å²) in [7, 11) is 1.35. The van der Waals surface area contributed by atoms with E-state index in [0.717, 1.165) is 33.3 Å². The Hall–Kier alpha value is -4.71. The number of hydrogen-bond donors (Lipinski definition) is 1. The third-order valence-electron chi connectivity index (χ3n) is 6.13. The van der Waals surface area contributed by atoms with Crippen molar-refractivity contribution in [1.29, 1.82) is 0 Å². The predicted octanol–water partition coefficient (Wildman–Crippen LogP) is 5.47. The van der Waals surface area contributed by atoms with Crippen molar-refractivity contribution in [3.63, 3.8) is 0 Å². The van der Waals surface area contributed by atoms with Gasteiger partial charge in [-0.25, -0.2) is 4.79 Å². The maximum absolute atomic E-state index is 13.1. The van der Waals surface area contributed by atoms with Gasteiger partial charge in [0.25, 0.3) is 5.91 Å². The van der Waals surface area contributed by atoms with E-state index in [0.29, 0.717) is 24.2 Å². The summed E-state index contributed by atoms with van der Waals surface area (Å²) >= 11 is 0. The predicted molar refractivity (Wildman–Crippen MR) is 140 cm³/mol. The van der Waals surface area contributed by atoms with Crippen LogP contribution in [-0.2, 0) is 17.8 Å². The van der Waals surface area contributed by atoms with Crippen molar-refractivity contribution in [2.24, 2.45) is 0 Å². The average molecular weight is 476 g/mol. The van der Waals surface area contributed by atoms with Gasteiger partial charge in [0.15, 0.2) is 0 Å². The number of esters is 1. The molecule has 0 saturated carbocycles. The van der Waals surface area contributed by atoms with Crippen molar-refractivity contribution in [3.8, 4) is 11.1 Å². The molecule has 0 fully saturated rings. The van der Waals surface area contributed by atoms with Crippen LogP contribution in [0.4, 0.5) is 0 Å². The molecule has 6 heteroatoms. The highest BCUT2D eigenvalue weighted by atomic mass is 16.5. The van der Waals surface area contributed by atoms with E-state index >= 15 is 0 Å². The summed E-state index contributed by atoms with van der Waals surface area (Å²) < 4.78 is 6.79. The fraction of sp³-hybridized carbons (Fsp3) is 0.100. The van der Waals surface area contributed by atoms with E-state index in [1.807, 2.05) is 60.9 Å². The second-order valence-corrected chi connectivity index (χ2v) is 8.46. The second kappa shape index (κ2) is 10.3. The van der Waals surface area contributed by atoms with Crippen molar-refractivity contribution in [1.82, 2.24) is 14.9 Å². The summed E-state index contributed by atoms with van der Waals surface area (Å²) in [6.45, 7) is 0.901. The Kier molecular flexibility index (Phi) is 6.58. The summed E-state index contributed by atoms with van der Waals surface area (Å²) in [5.74, 6) is -0.549. The van der Waals surface area contributed by atoms with E-state index in [9.17, 15) is 9.59 Å².